The van der Waals surface area contributed by atoms with E-state index in [2.05, 4.69) is 5.32 Å². The minimum Gasteiger partial charge on any atom is -0.495 e. The van der Waals surface area contributed by atoms with Crippen molar-refractivity contribution >= 4 is 27.5 Å². The van der Waals surface area contributed by atoms with Gasteiger partial charge in [0, 0.05) is 0 Å². The average molecular weight is 359 g/mol. The number of anilines is 1. The molecule has 5 nitrogen and oxygen atoms in total. The van der Waals surface area contributed by atoms with E-state index in [1.165, 1.54) is 14.0 Å². The molecular formula is C19H21NO4S. The van der Waals surface area contributed by atoms with E-state index in [1.54, 1.807) is 36.4 Å². The molecule has 0 aliphatic heterocycles. The van der Waals surface area contributed by atoms with Crippen LogP contribution in [0.2, 0.25) is 0 Å². The summed E-state index contributed by atoms with van der Waals surface area (Å²) in [5.41, 5.74) is 1.35. The Hall–Kier alpha value is -2.60. The molecule has 132 valence electrons. The van der Waals surface area contributed by atoms with Gasteiger partial charge in [0.05, 0.1) is 18.6 Å². The summed E-state index contributed by atoms with van der Waals surface area (Å²) in [6.07, 6.45) is 3.28. The zero-order valence-corrected chi connectivity index (χ0v) is 15.0. The Labute approximate surface area is 148 Å². The monoisotopic (exact) mass is 359 g/mol. The molecule has 2 aromatic carbocycles. The lowest BCUT2D eigenvalue weighted by molar-refractivity contribution is -0.115. The molecule has 0 spiro atoms. The number of rotatable bonds is 7. The van der Waals surface area contributed by atoms with E-state index in [9.17, 15) is 13.2 Å². The molecule has 1 atom stereocenters. The lowest BCUT2D eigenvalue weighted by Gasteiger charge is -2.14. The highest BCUT2D eigenvalue weighted by Gasteiger charge is 2.27. The Bertz CT molecular complexity index is 845. The summed E-state index contributed by atoms with van der Waals surface area (Å²) in [5.74, 6) is -0.315. The van der Waals surface area contributed by atoms with Gasteiger partial charge in [0.1, 0.15) is 11.0 Å². The fourth-order valence-corrected chi connectivity index (χ4v) is 3.21. The van der Waals surface area contributed by atoms with E-state index in [1.807, 2.05) is 30.3 Å². The third-order valence-electron chi connectivity index (χ3n) is 3.71. The van der Waals surface area contributed by atoms with Crippen molar-refractivity contribution in [3.63, 3.8) is 0 Å². The van der Waals surface area contributed by atoms with Crippen LogP contribution in [0.15, 0.2) is 60.7 Å². The van der Waals surface area contributed by atoms with Crippen molar-refractivity contribution in [3.05, 3.63) is 66.2 Å². The maximum atomic E-state index is 12.4. The maximum absolute atomic E-state index is 12.4. The van der Waals surface area contributed by atoms with Gasteiger partial charge >= 0.3 is 0 Å². The van der Waals surface area contributed by atoms with Crippen LogP contribution in [-0.2, 0) is 14.6 Å². The van der Waals surface area contributed by atoms with Gasteiger partial charge in [-0.1, -0.05) is 54.6 Å². The third-order valence-corrected chi connectivity index (χ3v) is 5.66. The van der Waals surface area contributed by atoms with Gasteiger partial charge in [-0.15, -0.1) is 0 Å². The number of benzene rings is 2. The highest BCUT2D eigenvalue weighted by Crippen LogP contribution is 2.23. The number of carbonyl (C=O) groups excluding carboxylic acids is 1. The second-order valence-corrected chi connectivity index (χ2v) is 7.84. The lowest BCUT2D eigenvalue weighted by Crippen LogP contribution is -2.33. The first-order chi connectivity index (χ1) is 11.9. The Morgan fingerprint density at radius 3 is 2.44 bits per heavy atom. The molecule has 2 aromatic rings. The van der Waals surface area contributed by atoms with E-state index in [4.69, 9.17) is 4.74 Å². The van der Waals surface area contributed by atoms with E-state index < -0.39 is 21.0 Å². The third kappa shape index (κ3) is 5.19. The minimum absolute atomic E-state index is 0.206. The van der Waals surface area contributed by atoms with E-state index in [0.29, 0.717) is 11.4 Å². The van der Waals surface area contributed by atoms with Crippen molar-refractivity contribution in [2.75, 3.05) is 18.2 Å². The fraction of sp³-hybridized carbons (Fsp3) is 0.211. The molecule has 0 aromatic heterocycles. The molecule has 0 radical (unpaired) electrons. The quantitative estimate of drug-likeness (QED) is 0.824. The smallest absolute Gasteiger partial charge is 0.242 e. The number of hydrogen-bond donors (Lipinski definition) is 1. The molecule has 0 fully saturated rings. The van der Waals surface area contributed by atoms with Crippen LogP contribution in [0.4, 0.5) is 5.69 Å². The highest BCUT2D eigenvalue weighted by atomic mass is 32.2. The van der Waals surface area contributed by atoms with Crippen LogP contribution in [0.1, 0.15) is 12.5 Å². The molecule has 2 rings (SSSR count). The second-order valence-electron chi connectivity index (χ2n) is 5.47. The second kappa shape index (κ2) is 8.48. The summed E-state index contributed by atoms with van der Waals surface area (Å²) in [4.78, 5) is 12.3. The van der Waals surface area contributed by atoms with E-state index >= 15 is 0 Å². The number of nitrogens with one attached hydrogen (secondary N) is 1. The summed E-state index contributed by atoms with van der Waals surface area (Å²) in [6, 6.07) is 16.2. The molecule has 0 saturated carbocycles. The average Bonchev–Trinajstić information content (AvgIpc) is 2.62. The largest absolute Gasteiger partial charge is 0.495 e. The van der Waals surface area contributed by atoms with Crippen molar-refractivity contribution in [2.24, 2.45) is 0 Å². The summed E-state index contributed by atoms with van der Waals surface area (Å²) in [6.45, 7) is 1.39. The lowest BCUT2D eigenvalue weighted by atomic mass is 10.2. The SMILES string of the molecule is COc1ccccc1NC(=O)[C@@H](C)S(=O)(=O)C/C=C\c1ccccc1. The topological polar surface area (TPSA) is 72.5 Å². The van der Waals surface area contributed by atoms with E-state index in [0.717, 1.165) is 5.56 Å². The van der Waals surface area contributed by atoms with Gasteiger partial charge in [0.25, 0.3) is 0 Å². The van der Waals surface area contributed by atoms with Crippen LogP contribution in [0, 0.1) is 0 Å². The van der Waals surface area contributed by atoms with Gasteiger partial charge in [-0.25, -0.2) is 8.42 Å². The van der Waals surface area contributed by atoms with Crippen molar-refractivity contribution in [1.29, 1.82) is 0 Å². The molecule has 25 heavy (non-hydrogen) atoms. The van der Waals surface area contributed by atoms with Gasteiger partial charge in [0.15, 0.2) is 9.84 Å². The molecular weight excluding hydrogens is 338 g/mol. The number of hydrogen-bond acceptors (Lipinski definition) is 4. The fourth-order valence-electron chi connectivity index (χ4n) is 2.17. The molecule has 0 heterocycles. The van der Waals surface area contributed by atoms with Crippen molar-refractivity contribution in [3.8, 4) is 5.75 Å². The van der Waals surface area contributed by atoms with Crippen LogP contribution >= 0.6 is 0 Å². The summed E-state index contributed by atoms with van der Waals surface area (Å²) in [7, 11) is -2.12. The molecule has 1 amide bonds. The van der Waals surface area contributed by atoms with Crippen LogP contribution in [0.25, 0.3) is 6.08 Å². The van der Waals surface area contributed by atoms with Crippen molar-refractivity contribution in [1.82, 2.24) is 0 Å². The van der Waals surface area contributed by atoms with E-state index in [-0.39, 0.29) is 5.75 Å². The highest BCUT2D eigenvalue weighted by molar-refractivity contribution is 7.92. The zero-order chi connectivity index (χ0) is 18.3. The first kappa shape index (κ1) is 18.7. The molecule has 0 aliphatic rings. The normalized spacial score (nSPS) is 12.7. The minimum atomic E-state index is -3.61. The number of sulfone groups is 1. The molecule has 0 bridgehead atoms. The Morgan fingerprint density at radius 1 is 1.12 bits per heavy atom. The van der Waals surface area contributed by atoms with Crippen molar-refractivity contribution in [2.45, 2.75) is 12.2 Å². The molecule has 0 aliphatic carbocycles. The molecule has 0 unspecified atom stereocenters. The number of carbonyl (C=O) groups is 1. The Morgan fingerprint density at radius 2 is 1.76 bits per heavy atom. The first-order valence-corrected chi connectivity index (χ1v) is 9.52. The maximum Gasteiger partial charge on any atom is 0.242 e. The molecule has 6 heteroatoms. The Balaban J connectivity index is 2.03. The van der Waals surface area contributed by atoms with Crippen LogP contribution in [0.3, 0.4) is 0 Å². The van der Waals surface area contributed by atoms with Gasteiger partial charge in [-0.2, -0.15) is 0 Å². The predicted molar refractivity (Wildman–Crippen MR) is 100 cm³/mol. The predicted octanol–water partition coefficient (Wildman–Crippen LogP) is 3.15. The summed E-state index contributed by atoms with van der Waals surface area (Å²) in [5, 5.41) is 1.44. The van der Waals surface area contributed by atoms with Crippen LogP contribution in [-0.4, -0.2) is 32.4 Å². The zero-order valence-electron chi connectivity index (χ0n) is 14.2. The van der Waals surface area contributed by atoms with Gasteiger partial charge < -0.3 is 10.1 Å². The summed E-state index contributed by atoms with van der Waals surface area (Å²) >= 11 is 0. The Kier molecular flexibility index (Phi) is 6.36. The van der Waals surface area contributed by atoms with Gasteiger partial charge in [-0.05, 0) is 24.6 Å². The van der Waals surface area contributed by atoms with Crippen LogP contribution < -0.4 is 10.1 Å². The van der Waals surface area contributed by atoms with Crippen molar-refractivity contribution < 1.29 is 17.9 Å². The van der Waals surface area contributed by atoms with Gasteiger partial charge in [0.2, 0.25) is 5.91 Å². The van der Waals surface area contributed by atoms with Gasteiger partial charge in [-0.3, -0.25) is 4.79 Å². The number of ether oxygens (including phenoxy) is 1. The first-order valence-electron chi connectivity index (χ1n) is 7.81. The number of para-hydroxylation sites is 2. The van der Waals surface area contributed by atoms with Crippen LogP contribution in [0.5, 0.6) is 5.75 Å². The number of methoxy groups -OCH3 is 1. The standard InChI is InChI=1S/C19H21NO4S/c1-15(19(21)20-17-12-6-7-13-18(17)24-2)25(22,23)14-8-11-16-9-4-3-5-10-16/h3-13,15H,14H2,1-2H3,(H,20,21)/b11-8-/t15-/m1/s1. The summed E-state index contributed by atoms with van der Waals surface area (Å²) < 4.78 is 29.9. The molecule has 0 saturated heterocycles. The molecule has 1 N–H and O–H groups in total. The number of amides is 1.